The lowest BCUT2D eigenvalue weighted by Crippen LogP contribution is -2.30. The van der Waals surface area contributed by atoms with E-state index in [4.69, 9.17) is 5.73 Å². The van der Waals surface area contributed by atoms with Gasteiger partial charge in [0.25, 0.3) is 5.91 Å². The third-order valence-electron chi connectivity index (χ3n) is 3.15. The van der Waals surface area contributed by atoms with Crippen LogP contribution in [0, 0.1) is 0 Å². The highest BCUT2D eigenvalue weighted by Gasteiger charge is 2.16. The average molecular weight is 289 g/mol. The number of anilines is 3. The highest BCUT2D eigenvalue weighted by atomic mass is 16.6. The monoisotopic (exact) mass is 289 g/mol. The zero-order valence-corrected chi connectivity index (χ0v) is 12.3. The summed E-state index contributed by atoms with van der Waals surface area (Å²) in [6.07, 6.45) is 0. The molecule has 1 amide bonds. The van der Waals surface area contributed by atoms with E-state index in [-0.39, 0.29) is 11.5 Å². The summed E-state index contributed by atoms with van der Waals surface area (Å²) >= 11 is 0. The van der Waals surface area contributed by atoms with Gasteiger partial charge >= 0.3 is 0 Å². The number of hydrogen-bond donors (Lipinski definition) is 2. The Morgan fingerprint density at radius 2 is 2.00 bits per heavy atom. The Labute approximate surface area is 123 Å². The highest BCUT2D eigenvalue weighted by Crippen LogP contribution is 2.20. The lowest BCUT2D eigenvalue weighted by atomic mass is 10.2. The summed E-state index contributed by atoms with van der Waals surface area (Å²) in [4.78, 5) is 14.2. The predicted octanol–water partition coefficient (Wildman–Crippen LogP) is 2.14. The molecule has 7 heteroatoms. The predicted molar refractivity (Wildman–Crippen MR) is 81.3 cm³/mol. The molecule has 2 aromatic rings. The van der Waals surface area contributed by atoms with Crippen LogP contribution in [0.2, 0.25) is 0 Å². The Kier molecular flexibility index (Phi) is 4.42. The molecule has 0 aliphatic carbocycles. The standard InChI is InChI=1S/C14H19N5O2/c1-4-19(9(2)3)11-7-5-10(6-8-11)16-14(20)12-13(15)18-21-17-12/h5-9H,4H2,1-3H3,(H2,15,18)(H,16,20). The van der Waals surface area contributed by atoms with E-state index in [1.165, 1.54) is 0 Å². The molecule has 0 unspecified atom stereocenters. The molecule has 2 rings (SSSR count). The summed E-state index contributed by atoms with van der Waals surface area (Å²) in [5.41, 5.74) is 7.22. The smallest absolute Gasteiger partial charge is 0.281 e. The Bertz CT molecular complexity index is 606. The van der Waals surface area contributed by atoms with E-state index in [1.807, 2.05) is 24.3 Å². The maximum atomic E-state index is 11.9. The molecule has 0 saturated heterocycles. The molecular formula is C14H19N5O2. The minimum absolute atomic E-state index is 0.0172. The van der Waals surface area contributed by atoms with E-state index in [0.717, 1.165) is 12.2 Å². The van der Waals surface area contributed by atoms with Gasteiger partial charge in [0.1, 0.15) is 0 Å². The molecule has 0 atom stereocenters. The molecule has 0 saturated carbocycles. The van der Waals surface area contributed by atoms with Crippen molar-refractivity contribution in [2.75, 3.05) is 22.5 Å². The molecule has 0 radical (unpaired) electrons. The number of hydrogen-bond acceptors (Lipinski definition) is 6. The highest BCUT2D eigenvalue weighted by molar-refractivity contribution is 6.05. The molecule has 112 valence electrons. The van der Waals surface area contributed by atoms with Gasteiger partial charge in [-0.2, -0.15) is 0 Å². The van der Waals surface area contributed by atoms with Crippen molar-refractivity contribution in [1.82, 2.24) is 10.3 Å². The topological polar surface area (TPSA) is 97.3 Å². The van der Waals surface area contributed by atoms with Crippen LogP contribution >= 0.6 is 0 Å². The van der Waals surface area contributed by atoms with Crippen LogP contribution in [0.4, 0.5) is 17.2 Å². The van der Waals surface area contributed by atoms with Gasteiger partial charge in [0.15, 0.2) is 0 Å². The van der Waals surface area contributed by atoms with Crippen molar-refractivity contribution in [3.8, 4) is 0 Å². The van der Waals surface area contributed by atoms with Gasteiger partial charge in [-0.3, -0.25) is 4.79 Å². The lowest BCUT2D eigenvalue weighted by molar-refractivity contribution is 0.101. The van der Waals surface area contributed by atoms with Crippen molar-refractivity contribution in [2.24, 2.45) is 0 Å². The summed E-state index contributed by atoms with van der Waals surface area (Å²) in [6.45, 7) is 7.31. The summed E-state index contributed by atoms with van der Waals surface area (Å²) in [6, 6.07) is 8.01. The average Bonchev–Trinajstić information content (AvgIpc) is 2.87. The lowest BCUT2D eigenvalue weighted by Gasteiger charge is -2.27. The number of carbonyl (C=O) groups excluding carboxylic acids is 1. The zero-order chi connectivity index (χ0) is 15.4. The molecule has 0 aliphatic rings. The zero-order valence-electron chi connectivity index (χ0n) is 12.3. The largest absolute Gasteiger partial charge is 0.379 e. The van der Waals surface area contributed by atoms with E-state index in [1.54, 1.807) is 0 Å². The first-order valence-electron chi connectivity index (χ1n) is 6.79. The van der Waals surface area contributed by atoms with E-state index in [2.05, 4.69) is 45.9 Å². The van der Waals surface area contributed by atoms with Gasteiger partial charge in [-0.05, 0) is 55.4 Å². The minimum atomic E-state index is -0.447. The van der Waals surface area contributed by atoms with Gasteiger partial charge in [0.2, 0.25) is 11.5 Å². The van der Waals surface area contributed by atoms with Crippen LogP contribution < -0.4 is 16.0 Å². The van der Waals surface area contributed by atoms with Crippen molar-refractivity contribution in [1.29, 1.82) is 0 Å². The Morgan fingerprint density at radius 3 is 2.48 bits per heavy atom. The summed E-state index contributed by atoms with van der Waals surface area (Å²) < 4.78 is 4.40. The van der Waals surface area contributed by atoms with Crippen LogP contribution in [0.15, 0.2) is 28.9 Å². The number of rotatable bonds is 5. The van der Waals surface area contributed by atoms with E-state index in [0.29, 0.717) is 11.7 Å². The second kappa shape index (κ2) is 6.25. The number of aromatic nitrogens is 2. The summed E-state index contributed by atoms with van der Waals surface area (Å²) in [5.74, 6) is -0.473. The van der Waals surface area contributed by atoms with Gasteiger partial charge in [0, 0.05) is 24.0 Å². The first kappa shape index (κ1) is 14.8. The molecule has 1 heterocycles. The number of nitrogens with two attached hydrogens (primary N) is 1. The fraction of sp³-hybridized carbons (Fsp3) is 0.357. The van der Waals surface area contributed by atoms with Gasteiger partial charge in [-0.15, -0.1) is 0 Å². The summed E-state index contributed by atoms with van der Waals surface area (Å²) in [7, 11) is 0. The molecule has 0 fully saturated rings. The minimum Gasteiger partial charge on any atom is -0.379 e. The van der Waals surface area contributed by atoms with Crippen LogP contribution in [0.5, 0.6) is 0 Å². The van der Waals surface area contributed by atoms with Crippen LogP contribution in [-0.2, 0) is 0 Å². The quantitative estimate of drug-likeness (QED) is 0.875. The third kappa shape index (κ3) is 3.31. The van der Waals surface area contributed by atoms with Crippen LogP contribution in [0.1, 0.15) is 31.3 Å². The first-order chi connectivity index (χ1) is 10.0. The van der Waals surface area contributed by atoms with Gasteiger partial charge in [0.05, 0.1) is 0 Å². The Hall–Kier alpha value is -2.57. The molecule has 1 aromatic heterocycles. The molecule has 0 spiro atoms. The number of benzene rings is 1. The molecular weight excluding hydrogens is 270 g/mol. The van der Waals surface area contributed by atoms with E-state index >= 15 is 0 Å². The number of nitrogens with zero attached hydrogens (tertiary/aromatic N) is 3. The second-order valence-corrected chi connectivity index (χ2v) is 4.88. The normalized spacial score (nSPS) is 10.7. The second-order valence-electron chi connectivity index (χ2n) is 4.88. The first-order valence-corrected chi connectivity index (χ1v) is 6.79. The summed E-state index contributed by atoms with van der Waals surface area (Å²) in [5, 5.41) is 9.53. The number of nitrogen functional groups attached to an aromatic ring is 1. The Morgan fingerprint density at radius 1 is 1.33 bits per heavy atom. The van der Waals surface area contributed by atoms with Crippen molar-refractivity contribution >= 4 is 23.1 Å². The van der Waals surface area contributed by atoms with Crippen molar-refractivity contribution in [3.05, 3.63) is 30.0 Å². The molecule has 7 nitrogen and oxygen atoms in total. The fourth-order valence-electron chi connectivity index (χ4n) is 2.13. The van der Waals surface area contributed by atoms with Gasteiger partial charge in [-0.25, -0.2) is 4.63 Å². The maximum Gasteiger partial charge on any atom is 0.281 e. The number of nitrogens with one attached hydrogen (secondary N) is 1. The van der Waals surface area contributed by atoms with Gasteiger partial charge in [-0.1, -0.05) is 0 Å². The van der Waals surface area contributed by atoms with Crippen LogP contribution in [0.3, 0.4) is 0 Å². The molecule has 1 aromatic carbocycles. The van der Waals surface area contributed by atoms with Crippen LogP contribution in [0.25, 0.3) is 0 Å². The van der Waals surface area contributed by atoms with Crippen molar-refractivity contribution < 1.29 is 9.42 Å². The molecule has 21 heavy (non-hydrogen) atoms. The SMILES string of the molecule is CCN(c1ccc(NC(=O)c2nonc2N)cc1)C(C)C. The van der Waals surface area contributed by atoms with Crippen molar-refractivity contribution in [2.45, 2.75) is 26.8 Å². The van der Waals surface area contributed by atoms with E-state index in [9.17, 15) is 4.79 Å². The fourth-order valence-corrected chi connectivity index (χ4v) is 2.13. The Balaban J connectivity index is 2.09. The molecule has 3 N–H and O–H groups in total. The number of amides is 1. The van der Waals surface area contributed by atoms with Gasteiger partial charge < -0.3 is 16.0 Å². The van der Waals surface area contributed by atoms with E-state index < -0.39 is 5.91 Å². The van der Waals surface area contributed by atoms with Crippen molar-refractivity contribution in [3.63, 3.8) is 0 Å². The number of carbonyl (C=O) groups is 1. The van der Waals surface area contributed by atoms with Crippen LogP contribution in [-0.4, -0.2) is 28.8 Å². The molecule has 0 bridgehead atoms. The third-order valence-corrected chi connectivity index (χ3v) is 3.15. The maximum absolute atomic E-state index is 11.9. The molecule has 0 aliphatic heterocycles.